The van der Waals surface area contributed by atoms with E-state index in [4.69, 9.17) is 0 Å². The van der Waals surface area contributed by atoms with Crippen LogP contribution in [0.4, 0.5) is 5.69 Å². The van der Waals surface area contributed by atoms with Gasteiger partial charge in [-0.15, -0.1) is 0 Å². The number of benzene rings is 2. The van der Waals surface area contributed by atoms with Gasteiger partial charge in [0.2, 0.25) is 0 Å². The first-order chi connectivity index (χ1) is 13.6. The fraction of sp³-hybridized carbons (Fsp3) is 0.0909. The Hall–Kier alpha value is -3.80. The molecule has 0 bridgehead atoms. The molecular weight excluding hydrogens is 354 g/mol. The van der Waals surface area contributed by atoms with Gasteiger partial charge in [-0.25, -0.2) is 0 Å². The normalized spacial score (nSPS) is 16.1. The van der Waals surface area contributed by atoms with Crippen LogP contribution in [0.5, 0.6) is 0 Å². The van der Waals surface area contributed by atoms with Gasteiger partial charge in [0.25, 0.3) is 11.8 Å². The molecule has 28 heavy (non-hydrogen) atoms. The van der Waals surface area contributed by atoms with Crippen molar-refractivity contribution in [3.05, 3.63) is 96.0 Å². The van der Waals surface area contributed by atoms with Gasteiger partial charge in [0.1, 0.15) is 11.3 Å². The smallest absolute Gasteiger partial charge is 0.264 e. The van der Waals surface area contributed by atoms with Crippen LogP contribution in [0, 0.1) is 0 Å². The van der Waals surface area contributed by atoms with Crippen LogP contribution in [0.1, 0.15) is 5.56 Å². The molecule has 1 atom stereocenters. The van der Waals surface area contributed by atoms with Gasteiger partial charge in [0, 0.05) is 23.8 Å². The van der Waals surface area contributed by atoms with Crippen molar-refractivity contribution in [2.45, 2.75) is 12.5 Å². The van der Waals surface area contributed by atoms with Gasteiger partial charge in [-0.3, -0.25) is 9.59 Å². The third kappa shape index (κ3) is 3.53. The summed E-state index contributed by atoms with van der Waals surface area (Å²) in [5.74, 6) is -1.42. The minimum Gasteiger partial charge on any atom is -0.509 e. The maximum absolute atomic E-state index is 12.6. The van der Waals surface area contributed by atoms with Crippen LogP contribution in [0.15, 0.2) is 90.5 Å². The summed E-state index contributed by atoms with van der Waals surface area (Å²) in [6.45, 7) is 0. The zero-order chi connectivity index (χ0) is 19.5. The second kappa shape index (κ2) is 7.44. The lowest BCUT2D eigenvalue weighted by molar-refractivity contribution is -0.120. The molecule has 0 radical (unpaired) electrons. The van der Waals surface area contributed by atoms with Gasteiger partial charge in [0.05, 0.1) is 6.04 Å². The number of nitrogens with zero attached hydrogens (tertiary/aromatic N) is 1. The van der Waals surface area contributed by atoms with Gasteiger partial charge >= 0.3 is 0 Å². The lowest BCUT2D eigenvalue weighted by Crippen LogP contribution is -2.31. The molecule has 2 aromatic carbocycles. The van der Waals surface area contributed by atoms with Crippen LogP contribution in [-0.2, 0) is 16.0 Å². The van der Waals surface area contributed by atoms with Crippen LogP contribution < -0.4 is 10.6 Å². The van der Waals surface area contributed by atoms with Gasteiger partial charge in [-0.05, 0) is 48.4 Å². The summed E-state index contributed by atoms with van der Waals surface area (Å²) in [6.07, 6.45) is 4.26. The van der Waals surface area contributed by atoms with E-state index in [1.807, 2.05) is 71.6 Å². The van der Waals surface area contributed by atoms with Crippen molar-refractivity contribution in [2.24, 2.45) is 0 Å². The number of carbonyl (C=O) groups excluding carboxylic acids is 2. The molecule has 0 aliphatic carbocycles. The molecule has 6 heteroatoms. The zero-order valence-electron chi connectivity index (χ0n) is 15.0. The van der Waals surface area contributed by atoms with Crippen LogP contribution in [0.3, 0.4) is 0 Å². The number of aliphatic hydroxyl groups excluding tert-OH is 1. The highest BCUT2D eigenvalue weighted by molar-refractivity contribution is 6.24. The lowest BCUT2D eigenvalue weighted by Gasteiger charge is -2.10. The molecule has 6 nitrogen and oxygen atoms in total. The van der Waals surface area contributed by atoms with E-state index in [-0.39, 0.29) is 11.3 Å². The molecule has 1 unspecified atom stereocenters. The molecule has 3 N–H and O–H groups in total. The van der Waals surface area contributed by atoms with E-state index in [1.165, 1.54) is 0 Å². The second-order valence-corrected chi connectivity index (χ2v) is 6.57. The van der Waals surface area contributed by atoms with E-state index in [0.29, 0.717) is 12.1 Å². The molecule has 4 rings (SSSR count). The first kappa shape index (κ1) is 17.6. The molecule has 2 amide bonds. The fourth-order valence-electron chi connectivity index (χ4n) is 3.22. The Labute approximate surface area is 162 Å². The average molecular weight is 373 g/mol. The van der Waals surface area contributed by atoms with Gasteiger partial charge < -0.3 is 20.3 Å². The predicted octanol–water partition coefficient (Wildman–Crippen LogP) is 2.97. The summed E-state index contributed by atoms with van der Waals surface area (Å²) in [4.78, 5) is 24.8. The number of nitrogens with one attached hydrogen (secondary N) is 2. The Morgan fingerprint density at radius 2 is 1.68 bits per heavy atom. The van der Waals surface area contributed by atoms with Crippen molar-refractivity contribution in [1.29, 1.82) is 0 Å². The number of hydrogen-bond acceptors (Lipinski definition) is 3. The fourth-order valence-corrected chi connectivity index (χ4v) is 3.22. The molecule has 140 valence electrons. The minimum absolute atomic E-state index is 0.227. The first-order valence-electron chi connectivity index (χ1n) is 8.94. The Kier molecular flexibility index (Phi) is 4.68. The average Bonchev–Trinajstić information content (AvgIpc) is 3.32. The van der Waals surface area contributed by atoms with Gasteiger partial charge in [-0.1, -0.05) is 30.3 Å². The highest BCUT2D eigenvalue weighted by Crippen LogP contribution is 2.21. The topological polar surface area (TPSA) is 83.4 Å². The number of hydrogen-bond donors (Lipinski definition) is 3. The van der Waals surface area contributed by atoms with E-state index < -0.39 is 17.9 Å². The molecule has 0 spiro atoms. The molecule has 0 saturated heterocycles. The maximum Gasteiger partial charge on any atom is 0.264 e. The van der Waals surface area contributed by atoms with Crippen molar-refractivity contribution in [3.63, 3.8) is 0 Å². The Bertz CT molecular complexity index is 1020. The van der Waals surface area contributed by atoms with Crippen molar-refractivity contribution in [1.82, 2.24) is 9.88 Å². The standard InChI is InChI=1S/C22H19N3O3/c26-20-18(14-15-6-2-1-3-7-15)24-22(28)19(20)21(27)23-16-8-10-17(11-9-16)25-12-4-5-13-25/h1-13,18,26H,14H2,(H,23,27)(H,24,28). The first-order valence-corrected chi connectivity index (χ1v) is 8.94. The van der Waals surface area contributed by atoms with Gasteiger partial charge in [0.15, 0.2) is 0 Å². The van der Waals surface area contributed by atoms with Gasteiger partial charge in [-0.2, -0.15) is 0 Å². The molecule has 0 fully saturated rings. The van der Waals surface area contributed by atoms with E-state index in [9.17, 15) is 14.7 Å². The van der Waals surface area contributed by atoms with E-state index in [0.717, 1.165) is 11.3 Å². The number of aromatic nitrogens is 1. The van der Waals surface area contributed by atoms with Crippen molar-refractivity contribution >= 4 is 17.5 Å². The number of rotatable bonds is 5. The molecule has 2 heterocycles. The molecule has 3 aromatic rings. The Balaban J connectivity index is 1.48. The third-order valence-electron chi connectivity index (χ3n) is 4.66. The number of anilines is 1. The molecule has 0 saturated carbocycles. The summed E-state index contributed by atoms with van der Waals surface area (Å²) < 4.78 is 1.94. The third-order valence-corrected chi connectivity index (χ3v) is 4.66. The summed E-state index contributed by atoms with van der Waals surface area (Å²) in [6, 6.07) is 19.9. The van der Waals surface area contributed by atoms with Crippen LogP contribution in [0.25, 0.3) is 5.69 Å². The summed E-state index contributed by atoms with van der Waals surface area (Å²) >= 11 is 0. The lowest BCUT2D eigenvalue weighted by atomic mass is 10.0. The number of carbonyl (C=O) groups is 2. The molecule has 1 aliphatic heterocycles. The van der Waals surface area contributed by atoms with Crippen molar-refractivity contribution < 1.29 is 14.7 Å². The van der Waals surface area contributed by atoms with Crippen molar-refractivity contribution in [3.8, 4) is 5.69 Å². The quantitative estimate of drug-likeness (QED) is 0.601. The molecule has 1 aromatic heterocycles. The van der Waals surface area contributed by atoms with E-state index >= 15 is 0 Å². The number of aliphatic hydroxyl groups is 1. The summed E-state index contributed by atoms with van der Waals surface area (Å²) in [5, 5.41) is 15.8. The van der Waals surface area contributed by atoms with E-state index in [2.05, 4.69) is 10.6 Å². The summed E-state index contributed by atoms with van der Waals surface area (Å²) in [7, 11) is 0. The highest BCUT2D eigenvalue weighted by atomic mass is 16.3. The van der Waals surface area contributed by atoms with Crippen LogP contribution in [0.2, 0.25) is 0 Å². The monoisotopic (exact) mass is 373 g/mol. The Morgan fingerprint density at radius 3 is 2.36 bits per heavy atom. The highest BCUT2D eigenvalue weighted by Gasteiger charge is 2.36. The predicted molar refractivity (Wildman–Crippen MR) is 106 cm³/mol. The number of amides is 2. The minimum atomic E-state index is -0.626. The van der Waals surface area contributed by atoms with Crippen molar-refractivity contribution in [2.75, 3.05) is 5.32 Å². The SMILES string of the molecule is O=C(Nc1ccc(-n2cccc2)cc1)C1=C(O)C(Cc2ccccc2)NC1=O. The second-order valence-electron chi connectivity index (χ2n) is 6.57. The Morgan fingerprint density at radius 1 is 1.00 bits per heavy atom. The van der Waals surface area contributed by atoms with E-state index in [1.54, 1.807) is 12.1 Å². The van der Waals surface area contributed by atoms with Crippen LogP contribution >= 0.6 is 0 Å². The molecular formula is C22H19N3O3. The largest absolute Gasteiger partial charge is 0.509 e. The zero-order valence-corrected chi connectivity index (χ0v) is 15.0. The summed E-state index contributed by atoms with van der Waals surface area (Å²) in [5.41, 5.74) is 2.21. The van der Waals surface area contributed by atoms with Crippen LogP contribution in [-0.4, -0.2) is 27.5 Å². The molecule has 1 aliphatic rings. The maximum atomic E-state index is 12.6.